The molecule has 0 rings (SSSR count). The Labute approximate surface area is 78.1 Å². The van der Waals surface area contributed by atoms with Crippen LogP contribution in [0.3, 0.4) is 0 Å². The van der Waals surface area contributed by atoms with Crippen LogP contribution in [0.25, 0.3) is 0 Å². The molecule has 0 radical (unpaired) electrons. The minimum absolute atomic E-state index is 0.121. The van der Waals surface area contributed by atoms with E-state index in [9.17, 15) is 4.79 Å². The Hall–Kier alpha value is -0.870. The summed E-state index contributed by atoms with van der Waals surface area (Å²) in [6.45, 7) is 8.97. The van der Waals surface area contributed by atoms with Crippen molar-refractivity contribution in [1.82, 2.24) is 0 Å². The van der Waals surface area contributed by atoms with Crippen molar-refractivity contribution in [2.24, 2.45) is 5.41 Å². The SMILES string of the molecule is C=C(C)C(=O)OCC(C)(C)COO. The van der Waals surface area contributed by atoms with Crippen LogP contribution in [0.4, 0.5) is 0 Å². The number of rotatable bonds is 5. The van der Waals surface area contributed by atoms with Gasteiger partial charge in [-0.25, -0.2) is 9.68 Å². The molecule has 0 fully saturated rings. The number of esters is 1. The summed E-state index contributed by atoms with van der Waals surface area (Å²) < 4.78 is 4.89. The summed E-state index contributed by atoms with van der Waals surface area (Å²) in [6.07, 6.45) is 0. The van der Waals surface area contributed by atoms with E-state index >= 15 is 0 Å². The lowest BCUT2D eigenvalue weighted by Crippen LogP contribution is -2.26. The van der Waals surface area contributed by atoms with Gasteiger partial charge in [-0.05, 0) is 6.92 Å². The molecule has 0 aliphatic carbocycles. The third-order valence-corrected chi connectivity index (χ3v) is 1.40. The normalized spacial score (nSPS) is 11.1. The molecule has 0 unspecified atom stereocenters. The highest BCUT2D eigenvalue weighted by molar-refractivity contribution is 5.86. The average molecular weight is 188 g/mol. The Morgan fingerprint density at radius 3 is 2.38 bits per heavy atom. The Morgan fingerprint density at radius 2 is 2.00 bits per heavy atom. The van der Waals surface area contributed by atoms with Crippen LogP contribution in [0.2, 0.25) is 0 Å². The zero-order chi connectivity index (χ0) is 10.5. The lowest BCUT2D eigenvalue weighted by Gasteiger charge is -2.21. The van der Waals surface area contributed by atoms with Gasteiger partial charge < -0.3 is 4.74 Å². The fourth-order valence-corrected chi connectivity index (χ4v) is 0.601. The maximum absolute atomic E-state index is 11.0. The highest BCUT2D eigenvalue weighted by Crippen LogP contribution is 2.15. The van der Waals surface area contributed by atoms with Crippen molar-refractivity contribution in [2.45, 2.75) is 20.8 Å². The molecule has 76 valence electrons. The molecule has 4 heteroatoms. The molecule has 0 aromatic carbocycles. The molecule has 0 amide bonds. The first-order valence-electron chi connectivity index (χ1n) is 3.98. The zero-order valence-electron chi connectivity index (χ0n) is 8.29. The van der Waals surface area contributed by atoms with E-state index < -0.39 is 5.97 Å². The van der Waals surface area contributed by atoms with Crippen molar-refractivity contribution in [3.05, 3.63) is 12.2 Å². The quantitative estimate of drug-likeness (QED) is 0.308. The molecule has 0 aliphatic heterocycles. The van der Waals surface area contributed by atoms with Crippen molar-refractivity contribution in [3.63, 3.8) is 0 Å². The monoisotopic (exact) mass is 188 g/mol. The summed E-state index contributed by atoms with van der Waals surface area (Å²) >= 11 is 0. The molecule has 0 aliphatic rings. The van der Waals surface area contributed by atoms with Crippen molar-refractivity contribution < 1.29 is 19.7 Å². The fraction of sp³-hybridized carbons (Fsp3) is 0.667. The molecule has 1 N–H and O–H groups in total. The van der Waals surface area contributed by atoms with E-state index in [-0.39, 0.29) is 18.6 Å². The number of hydrogen-bond acceptors (Lipinski definition) is 4. The highest BCUT2D eigenvalue weighted by atomic mass is 17.1. The third-order valence-electron chi connectivity index (χ3n) is 1.40. The van der Waals surface area contributed by atoms with E-state index in [0.29, 0.717) is 5.57 Å². The van der Waals surface area contributed by atoms with Gasteiger partial charge in [0.25, 0.3) is 0 Å². The van der Waals surface area contributed by atoms with Crippen LogP contribution in [-0.4, -0.2) is 24.4 Å². The van der Waals surface area contributed by atoms with Gasteiger partial charge in [-0.3, -0.25) is 5.26 Å². The number of carbonyl (C=O) groups is 1. The topological polar surface area (TPSA) is 55.8 Å². The summed E-state index contributed by atoms with van der Waals surface area (Å²) in [5, 5.41) is 8.22. The minimum atomic E-state index is -0.425. The summed E-state index contributed by atoms with van der Waals surface area (Å²) in [6, 6.07) is 0. The number of carbonyl (C=O) groups excluding carboxylic acids is 1. The van der Waals surface area contributed by atoms with Gasteiger partial charge in [0.05, 0.1) is 13.2 Å². The van der Waals surface area contributed by atoms with Crippen LogP contribution in [0.1, 0.15) is 20.8 Å². The van der Waals surface area contributed by atoms with Crippen LogP contribution >= 0.6 is 0 Å². The van der Waals surface area contributed by atoms with Gasteiger partial charge in [0, 0.05) is 11.0 Å². The van der Waals surface area contributed by atoms with Gasteiger partial charge >= 0.3 is 5.97 Å². The molecule has 0 bridgehead atoms. The molecule has 0 atom stereocenters. The Balaban J connectivity index is 3.87. The van der Waals surface area contributed by atoms with Gasteiger partial charge in [0.15, 0.2) is 0 Å². The molecule has 0 saturated heterocycles. The second-order valence-electron chi connectivity index (χ2n) is 3.79. The van der Waals surface area contributed by atoms with E-state index in [1.54, 1.807) is 6.92 Å². The maximum atomic E-state index is 11.0. The maximum Gasteiger partial charge on any atom is 0.333 e. The largest absolute Gasteiger partial charge is 0.462 e. The molecule has 13 heavy (non-hydrogen) atoms. The minimum Gasteiger partial charge on any atom is -0.462 e. The summed E-state index contributed by atoms with van der Waals surface area (Å²) in [7, 11) is 0. The van der Waals surface area contributed by atoms with Gasteiger partial charge in [0.2, 0.25) is 0 Å². The lowest BCUT2D eigenvalue weighted by molar-refractivity contribution is -0.262. The van der Waals surface area contributed by atoms with Crippen LogP contribution in [-0.2, 0) is 14.4 Å². The van der Waals surface area contributed by atoms with Crippen molar-refractivity contribution >= 4 is 5.97 Å². The Kier molecular flexibility index (Phi) is 4.66. The zero-order valence-corrected chi connectivity index (χ0v) is 8.29. The first kappa shape index (κ1) is 12.1. The molecule has 0 heterocycles. The summed E-state index contributed by atoms with van der Waals surface area (Å²) in [5.74, 6) is -0.425. The number of hydrogen-bond donors (Lipinski definition) is 1. The van der Waals surface area contributed by atoms with Crippen LogP contribution in [0.5, 0.6) is 0 Å². The van der Waals surface area contributed by atoms with Crippen molar-refractivity contribution in [1.29, 1.82) is 0 Å². The molecule has 0 spiro atoms. The second-order valence-corrected chi connectivity index (χ2v) is 3.79. The van der Waals surface area contributed by atoms with E-state index in [2.05, 4.69) is 11.5 Å². The molecule has 0 aromatic heterocycles. The van der Waals surface area contributed by atoms with Crippen LogP contribution in [0, 0.1) is 5.41 Å². The first-order chi connectivity index (χ1) is 5.89. The summed E-state index contributed by atoms with van der Waals surface area (Å²) in [4.78, 5) is 15.0. The third kappa shape index (κ3) is 5.38. The predicted octanol–water partition coefficient (Wildman–Crippen LogP) is 1.62. The first-order valence-corrected chi connectivity index (χ1v) is 3.98. The van der Waals surface area contributed by atoms with Gasteiger partial charge in [-0.15, -0.1) is 0 Å². The lowest BCUT2D eigenvalue weighted by atomic mass is 9.96. The number of ether oxygens (including phenoxy) is 1. The van der Waals surface area contributed by atoms with Crippen LogP contribution < -0.4 is 0 Å². The second kappa shape index (κ2) is 4.99. The van der Waals surface area contributed by atoms with E-state index in [1.807, 2.05) is 13.8 Å². The standard InChI is InChI=1S/C9H16O4/c1-7(2)8(10)12-5-9(3,4)6-13-11/h11H,1,5-6H2,2-4H3. The Morgan fingerprint density at radius 1 is 1.46 bits per heavy atom. The smallest absolute Gasteiger partial charge is 0.333 e. The average Bonchev–Trinajstić information content (AvgIpc) is 2.00. The Bertz CT molecular complexity index is 196. The van der Waals surface area contributed by atoms with E-state index in [0.717, 1.165) is 0 Å². The predicted molar refractivity (Wildman–Crippen MR) is 48.1 cm³/mol. The van der Waals surface area contributed by atoms with Crippen molar-refractivity contribution in [2.75, 3.05) is 13.2 Å². The van der Waals surface area contributed by atoms with Crippen molar-refractivity contribution in [3.8, 4) is 0 Å². The molecule has 4 nitrogen and oxygen atoms in total. The molecule has 0 aromatic rings. The van der Waals surface area contributed by atoms with Gasteiger partial charge in [-0.2, -0.15) is 0 Å². The van der Waals surface area contributed by atoms with Crippen LogP contribution in [0.15, 0.2) is 12.2 Å². The van der Waals surface area contributed by atoms with Gasteiger partial charge in [-0.1, -0.05) is 20.4 Å². The molecular weight excluding hydrogens is 172 g/mol. The highest BCUT2D eigenvalue weighted by Gasteiger charge is 2.21. The fourth-order valence-electron chi connectivity index (χ4n) is 0.601. The molecular formula is C9H16O4. The van der Waals surface area contributed by atoms with E-state index in [1.165, 1.54) is 0 Å². The van der Waals surface area contributed by atoms with Gasteiger partial charge in [0.1, 0.15) is 0 Å². The summed E-state index contributed by atoms with van der Waals surface area (Å²) in [5.41, 5.74) is -0.0273. The molecule has 0 saturated carbocycles. The van der Waals surface area contributed by atoms with E-state index in [4.69, 9.17) is 9.99 Å².